The monoisotopic (exact) mass is 611 g/mol. The van der Waals surface area contributed by atoms with Gasteiger partial charge in [0.2, 0.25) is 0 Å². The SMILES string of the molecule is Fc1ccc[c-]c1-c1ccc(-c2ccccc2)cn1.[Ir+3].[c-]1cccc2c1C1[N-]C=CN1CC2. The summed E-state index contributed by atoms with van der Waals surface area (Å²) in [5.41, 5.74) is 5.76. The smallest absolute Gasteiger partial charge is 0.668 e. The van der Waals surface area contributed by atoms with Crippen LogP contribution in [0.15, 0.2) is 97.5 Å². The van der Waals surface area contributed by atoms with Crippen molar-refractivity contribution in [1.82, 2.24) is 9.88 Å². The maximum atomic E-state index is 13.6. The molecule has 0 spiro atoms. The van der Waals surface area contributed by atoms with Gasteiger partial charge >= 0.3 is 20.1 Å². The van der Waals surface area contributed by atoms with E-state index >= 15 is 0 Å². The summed E-state index contributed by atoms with van der Waals surface area (Å²) in [6.45, 7) is 1.08. The summed E-state index contributed by atoms with van der Waals surface area (Å²) in [4.78, 5) is 6.58. The van der Waals surface area contributed by atoms with Gasteiger partial charge in [0.25, 0.3) is 0 Å². The Balaban J connectivity index is 0.000000162. The molecule has 3 heterocycles. The molecule has 0 radical (unpaired) electrons. The number of halogens is 1. The number of benzene rings is 3. The quantitative estimate of drug-likeness (QED) is 0.241. The molecule has 3 nitrogen and oxygen atoms in total. The molecule has 0 aliphatic carbocycles. The first kappa shape index (κ1) is 22.9. The Morgan fingerprint density at radius 2 is 1.73 bits per heavy atom. The predicted molar refractivity (Wildman–Crippen MR) is 125 cm³/mol. The van der Waals surface area contributed by atoms with Gasteiger partial charge in [0.15, 0.2) is 0 Å². The molecule has 2 aliphatic heterocycles. The molecule has 0 N–H and O–H groups in total. The average Bonchev–Trinajstić information content (AvgIpc) is 3.35. The fraction of sp³-hybridized carbons (Fsp3) is 0.107. The van der Waals surface area contributed by atoms with E-state index in [0.29, 0.717) is 11.3 Å². The summed E-state index contributed by atoms with van der Waals surface area (Å²) in [5.74, 6) is -0.303. The van der Waals surface area contributed by atoms with Gasteiger partial charge in [0.1, 0.15) is 0 Å². The van der Waals surface area contributed by atoms with Crippen LogP contribution in [0.2, 0.25) is 0 Å². The molecule has 33 heavy (non-hydrogen) atoms. The first-order valence-corrected chi connectivity index (χ1v) is 10.6. The van der Waals surface area contributed by atoms with E-state index in [1.807, 2.05) is 54.7 Å². The molecule has 1 atom stereocenters. The maximum Gasteiger partial charge on any atom is 3.00 e. The van der Waals surface area contributed by atoms with Crippen molar-refractivity contribution in [3.8, 4) is 22.4 Å². The molecule has 3 aromatic carbocycles. The third kappa shape index (κ3) is 5.05. The summed E-state index contributed by atoms with van der Waals surface area (Å²) in [7, 11) is 0. The van der Waals surface area contributed by atoms with Crippen molar-refractivity contribution in [2.24, 2.45) is 0 Å². The number of hydrogen-bond acceptors (Lipinski definition) is 2. The van der Waals surface area contributed by atoms with Gasteiger partial charge in [-0.2, -0.15) is 41.6 Å². The van der Waals surface area contributed by atoms with E-state index in [9.17, 15) is 4.39 Å². The van der Waals surface area contributed by atoms with Crippen molar-refractivity contribution in [2.75, 3.05) is 6.54 Å². The molecule has 1 unspecified atom stereocenters. The van der Waals surface area contributed by atoms with Crippen LogP contribution in [0, 0.1) is 17.9 Å². The van der Waals surface area contributed by atoms with Crippen LogP contribution in [0.25, 0.3) is 27.7 Å². The van der Waals surface area contributed by atoms with Crippen LogP contribution in [0.5, 0.6) is 0 Å². The molecule has 0 amide bonds. The normalized spacial score (nSPS) is 15.3. The van der Waals surface area contributed by atoms with Crippen molar-refractivity contribution in [3.63, 3.8) is 0 Å². The molecular formula is C28H21FIrN3. The Kier molecular flexibility index (Phi) is 7.33. The maximum absolute atomic E-state index is 13.6. The fourth-order valence-electron chi connectivity index (χ4n) is 3.96. The number of hydrogen-bond donors (Lipinski definition) is 0. The predicted octanol–water partition coefficient (Wildman–Crippen LogP) is 6.55. The number of rotatable bonds is 2. The molecular weight excluding hydrogens is 590 g/mol. The van der Waals surface area contributed by atoms with Crippen molar-refractivity contribution < 1.29 is 24.5 Å². The number of fused-ring (bicyclic) bond motifs is 3. The van der Waals surface area contributed by atoms with Gasteiger partial charge in [-0.1, -0.05) is 54.4 Å². The van der Waals surface area contributed by atoms with Gasteiger partial charge in [0, 0.05) is 18.6 Å². The fourth-order valence-corrected chi connectivity index (χ4v) is 3.96. The van der Waals surface area contributed by atoms with Crippen LogP contribution >= 0.6 is 0 Å². The summed E-state index contributed by atoms with van der Waals surface area (Å²) in [6, 6.07) is 30.8. The van der Waals surface area contributed by atoms with Crippen molar-refractivity contribution in [3.05, 3.63) is 132 Å². The Bertz CT molecular complexity index is 1230. The van der Waals surface area contributed by atoms with Gasteiger partial charge in [0.05, 0.1) is 0 Å². The van der Waals surface area contributed by atoms with Gasteiger partial charge < -0.3 is 15.2 Å². The molecule has 2 aliphatic rings. The third-order valence-corrected chi connectivity index (χ3v) is 5.61. The summed E-state index contributed by atoms with van der Waals surface area (Å²) < 4.78 is 13.6. The molecule has 164 valence electrons. The molecule has 5 heteroatoms. The van der Waals surface area contributed by atoms with Crippen molar-refractivity contribution >= 4 is 0 Å². The summed E-state index contributed by atoms with van der Waals surface area (Å²) in [5, 5.41) is 4.41. The van der Waals surface area contributed by atoms with Crippen molar-refractivity contribution in [2.45, 2.75) is 12.6 Å². The standard InChI is InChI=1S/C17H11FN.C11H10N2.Ir/c18-16-9-5-4-8-15(16)17-11-10-14(12-19-17)13-6-2-1-3-7-13;1-2-4-10-9(3-1)5-7-13-8-6-12-11(10)13;/h1-7,9-12H;1-3,6,8,11H,5,7H2;/q-1;-2;+3. The molecule has 6 rings (SSSR count). The van der Waals surface area contributed by atoms with Gasteiger partial charge in [-0.25, -0.2) is 0 Å². The average molecular weight is 611 g/mol. The van der Waals surface area contributed by atoms with Crippen LogP contribution in [0.3, 0.4) is 0 Å². The zero-order chi connectivity index (χ0) is 21.8. The van der Waals surface area contributed by atoms with Crippen LogP contribution in [-0.2, 0) is 26.5 Å². The van der Waals surface area contributed by atoms with Crippen LogP contribution in [0.1, 0.15) is 17.3 Å². The molecule has 0 fully saturated rings. The Morgan fingerprint density at radius 1 is 0.909 bits per heavy atom. The second kappa shape index (κ2) is 10.6. The number of nitrogens with zero attached hydrogens (tertiary/aromatic N) is 3. The molecule has 1 aromatic heterocycles. The van der Waals surface area contributed by atoms with Crippen LogP contribution in [0.4, 0.5) is 4.39 Å². The van der Waals surface area contributed by atoms with E-state index in [-0.39, 0.29) is 32.1 Å². The minimum atomic E-state index is -0.303. The molecule has 4 aromatic rings. The van der Waals surface area contributed by atoms with Gasteiger partial charge in [-0.05, 0) is 29.2 Å². The van der Waals surface area contributed by atoms with E-state index < -0.39 is 0 Å². The Hall–Kier alpha value is -3.27. The Morgan fingerprint density at radius 3 is 2.52 bits per heavy atom. The van der Waals surface area contributed by atoms with E-state index in [4.69, 9.17) is 0 Å². The second-order valence-electron chi connectivity index (χ2n) is 7.61. The Labute approximate surface area is 207 Å². The van der Waals surface area contributed by atoms with E-state index in [0.717, 1.165) is 24.1 Å². The zero-order valence-electron chi connectivity index (χ0n) is 17.8. The number of aromatic nitrogens is 1. The minimum absolute atomic E-state index is 0. The summed E-state index contributed by atoms with van der Waals surface area (Å²) in [6.07, 6.45) is 7.04. The third-order valence-electron chi connectivity index (χ3n) is 5.61. The van der Waals surface area contributed by atoms with E-state index in [1.54, 1.807) is 18.3 Å². The van der Waals surface area contributed by atoms with E-state index in [1.165, 1.54) is 17.2 Å². The van der Waals surface area contributed by atoms with Gasteiger partial charge in [-0.15, -0.1) is 24.3 Å². The zero-order valence-corrected chi connectivity index (χ0v) is 20.2. The molecule has 0 saturated heterocycles. The van der Waals surface area contributed by atoms with Crippen molar-refractivity contribution in [1.29, 1.82) is 0 Å². The second-order valence-corrected chi connectivity index (χ2v) is 7.61. The van der Waals surface area contributed by atoms with Crippen LogP contribution < -0.4 is 0 Å². The number of pyridine rings is 1. The topological polar surface area (TPSA) is 30.2 Å². The van der Waals surface area contributed by atoms with E-state index in [2.05, 4.69) is 45.7 Å². The molecule has 0 saturated carbocycles. The first-order chi connectivity index (χ1) is 15.8. The summed E-state index contributed by atoms with van der Waals surface area (Å²) >= 11 is 0. The van der Waals surface area contributed by atoms with Gasteiger partial charge in [-0.3, -0.25) is 4.39 Å². The molecule has 0 bridgehead atoms. The van der Waals surface area contributed by atoms with Crippen LogP contribution in [-0.4, -0.2) is 16.4 Å². The minimum Gasteiger partial charge on any atom is -0.668 e. The first-order valence-electron chi connectivity index (χ1n) is 10.6. The largest absolute Gasteiger partial charge is 3.00 e.